The Hall–Kier alpha value is -1.46. The Labute approximate surface area is 133 Å². The van der Waals surface area contributed by atoms with Crippen LogP contribution in [0.2, 0.25) is 0 Å². The van der Waals surface area contributed by atoms with E-state index < -0.39 is 10.1 Å². The third-order valence-electron chi connectivity index (χ3n) is 3.47. The van der Waals surface area contributed by atoms with Crippen LogP contribution in [0.3, 0.4) is 0 Å². The van der Waals surface area contributed by atoms with E-state index in [2.05, 4.69) is 0 Å². The van der Waals surface area contributed by atoms with Crippen molar-refractivity contribution in [1.82, 2.24) is 0 Å². The number of benzene rings is 1. The molecule has 0 radical (unpaired) electrons. The molecule has 1 rings (SSSR count). The molecule has 0 aliphatic rings. The lowest BCUT2D eigenvalue weighted by Gasteiger charge is -2.11. The van der Waals surface area contributed by atoms with E-state index in [1.807, 2.05) is 19.9 Å². The average molecular weight is 324 g/mol. The fraction of sp³-hybridized carbons (Fsp3) is 0.471. The molecule has 0 aliphatic carbocycles. The molecule has 0 aliphatic heterocycles. The van der Waals surface area contributed by atoms with Gasteiger partial charge in [0.25, 0.3) is 10.1 Å². The predicted molar refractivity (Wildman–Crippen MR) is 87.2 cm³/mol. The zero-order valence-electron chi connectivity index (χ0n) is 13.4. The van der Waals surface area contributed by atoms with Crippen LogP contribution < -0.4 is 0 Å². The van der Waals surface area contributed by atoms with Crippen LogP contribution in [0.25, 0.3) is 0 Å². The second kappa shape index (κ2) is 8.86. The quantitative estimate of drug-likeness (QED) is 0.395. The Morgan fingerprint density at radius 2 is 1.86 bits per heavy atom. The van der Waals surface area contributed by atoms with Crippen LogP contribution >= 0.6 is 0 Å². The molecule has 1 atom stereocenters. The molecule has 0 saturated carbocycles. The van der Waals surface area contributed by atoms with Gasteiger partial charge in [-0.15, -0.1) is 0 Å². The zero-order valence-corrected chi connectivity index (χ0v) is 14.2. The summed E-state index contributed by atoms with van der Waals surface area (Å²) >= 11 is 0. The first-order valence-corrected chi connectivity index (χ1v) is 8.84. The molecule has 1 aromatic carbocycles. The molecule has 1 aromatic rings. The predicted octanol–water partition coefficient (Wildman–Crippen LogP) is 3.65. The summed E-state index contributed by atoms with van der Waals surface area (Å²) in [7, 11) is -3.67. The third-order valence-corrected chi connectivity index (χ3v) is 4.80. The SMILES string of the molecule is C/C(C=O)=C\CCC(C)CCOS(=O)(=O)c1ccc(C)cc1. The lowest BCUT2D eigenvalue weighted by atomic mass is 10.0. The highest BCUT2D eigenvalue weighted by Crippen LogP contribution is 2.16. The molecule has 0 amide bonds. The van der Waals surface area contributed by atoms with Crippen molar-refractivity contribution in [2.45, 2.75) is 44.9 Å². The van der Waals surface area contributed by atoms with E-state index in [4.69, 9.17) is 4.18 Å². The van der Waals surface area contributed by atoms with Crippen LogP contribution in [0.15, 0.2) is 40.8 Å². The summed E-state index contributed by atoms with van der Waals surface area (Å²) in [6.07, 6.45) is 5.12. The molecule has 1 unspecified atom stereocenters. The topological polar surface area (TPSA) is 60.4 Å². The molecule has 22 heavy (non-hydrogen) atoms. The summed E-state index contributed by atoms with van der Waals surface area (Å²) in [4.78, 5) is 10.7. The number of allylic oxidation sites excluding steroid dienone is 2. The van der Waals surface area contributed by atoms with Gasteiger partial charge in [0.2, 0.25) is 0 Å². The summed E-state index contributed by atoms with van der Waals surface area (Å²) in [5.74, 6) is 0.337. The molecule has 0 saturated heterocycles. The molecule has 0 spiro atoms. The third kappa shape index (κ3) is 6.54. The maximum Gasteiger partial charge on any atom is 0.296 e. The lowest BCUT2D eigenvalue weighted by Crippen LogP contribution is -2.10. The Kier molecular flexibility index (Phi) is 7.48. The summed E-state index contributed by atoms with van der Waals surface area (Å²) in [5, 5.41) is 0. The van der Waals surface area contributed by atoms with Crippen molar-refractivity contribution in [2.75, 3.05) is 6.61 Å². The maximum atomic E-state index is 12.0. The van der Waals surface area contributed by atoms with Crippen LogP contribution in [0.4, 0.5) is 0 Å². The van der Waals surface area contributed by atoms with Crippen LogP contribution in [-0.4, -0.2) is 21.3 Å². The Bertz CT molecular complexity index is 600. The van der Waals surface area contributed by atoms with Crippen molar-refractivity contribution in [2.24, 2.45) is 5.92 Å². The minimum Gasteiger partial charge on any atom is -0.298 e. The van der Waals surface area contributed by atoms with Crippen LogP contribution in [-0.2, 0) is 19.1 Å². The molecule has 5 heteroatoms. The number of rotatable bonds is 9. The maximum absolute atomic E-state index is 12.0. The second-order valence-corrected chi connectivity index (χ2v) is 7.24. The van der Waals surface area contributed by atoms with Crippen LogP contribution in [0.1, 0.15) is 38.7 Å². The minimum absolute atomic E-state index is 0.174. The van der Waals surface area contributed by atoms with Gasteiger partial charge in [0.15, 0.2) is 0 Å². The van der Waals surface area contributed by atoms with Gasteiger partial charge in [-0.05, 0) is 56.7 Å². The Morgan fingerprint density at radius 1 is 1.23 bits per heavy atom. The number of carbonyl (C=O) groups is 1. The number of hydrogen-bond acceptors (Lipinski definition) is 4. The first kappa shape index (κ1) is 18.6. The number of aldehydes is 1. The van der Waals surface area contributed by atoms with Gasteiger partial charge in [-0.25, -0.2) is 0 Å². The van der Waals surface area contributed by atoms with Crippen molar-refractivity contribution < 1.29 is 17.4 Å². The van der Waals surface area contributed by atoms with E-state index >= 15 is 0 Å². The number of hydrogen-bond donors (Lipinski definition) is 0. The Balaban J connectivity index is 2.39. The van der Waals surface area contributed by atoms with E-state index in [1.165, 1.54) is 0 Å². The van der Waals surface area contributed by atoms with E-state index in [1.54, 1.807) is 31.2 Å². The molecule has 0 fully saturated rings. The molecule has 0 heterocycles. The number of carbonyl (C=O) groups excluding carboxylic acids is 1. The molecule has 0 aromatic heterocycles. The highest BCUT2D eigenvalue weighted by molar-refractivity contribution is 7.86. The molecular weight excluding hydrogens is 300 g/mol. The normalized spacial score (nSPS) is 13.9. The van der Waals surface area contributed by atoms with Crippen LogP contribution in [0.5, 0.6) is 0 Å². The van der Waals surface area contributed by atoms with Gasteiger partial charge < -0.3 is 0 Å². The highest BCUT2D eigenvalue weighted by Gasteiger charge is 2.15. The van der Waals surface area contributed by atoms with E-state index in [-0.39, 0.29) is 11.5 Å². The lowest BCUT2D eigenvalue weighted by molar-refractivity contribution is -0.104. The fourth-order valence-corrected chi connectivity index (χ4v) is 2.84. The summed E-state index contributed by atoms with van der Waals surface area (Å²) in [6.45, 7) is 5.90. The van der Waals surface area contributed by atoms with Crippen molar-refractivity contribution in [1.29, 1.82) is 0 Å². The molecule has 4 nitrogen and oxygen atoms in total. The highest BCUT2D eigenvalue weighted by atomic mass is 32.2. The van der Waals surface area contributed by atoms with Gasteiger partial charge in [0.1, 0.15) is 6.29 Å². The Morgan fingerprint density at radius 3 is 2.45 bits per heavy atom. The zero-order chi connectivity index (χ0) is 16.6. The molecule has 0 bridgehead atoms. The van der Waals surface area contributed by atoms with E-state index in [0.29, 0.717) is 12.3 Å². The van der Waals surface area contributed by atoms with Crippen LogP contribution in [0, 0.1) is 12.8 Å². The van der Waals surface area contributed by atoms with Gasteiger partial charge in [-0.3, -0.25) is 8.98 Å². The number of aryl methyl sites for hydroxylation is 1. The monoisotopic (exact) mass is 324 g/mol. The van der Waals surface area contributed by atoms with Gasteiger partial charge in [0, 0.05) is 0 Å². The molecular formula is C17H24O4S. The van der Waals surface area contributed by atoms with E-state index in [0.717, 1.165) is 30.3 Å². The van der Waals surface area contributed by atoms with Crippen molar-refractivity contribution in [3.63, 3.8) is 0 Å². The van der Waals surface area contributed by atoms with Gasteiger partial charge in [0.05, 0.1) is 11.5 Å². The smallest absolute Gasteiger partial charge is 0.296 e. The fourth-order valence-electron chi connectivity index (χ4n) is 1.92. The summed E-state index contributed by atoms with van der Waals surface area (Å²) in [5.41, 5.74) is 1.73. The van der Waals surface area contributed by atoms with Crippen molar-refractivity contribution in [3.8, 4) is 0 Å². The van der Waals surface area contributed by atoms with E-state index in [9.17, 15) is 13.2 Å². The van der Waals surface area contributed by atoms with Crippen molar-refractivity contribution in [3.05, 3.63) is 41.5 Å². The summed E-state index contributed by atoms with van der Waals surface area (Å²) < 4.78 is 29.1. The standard InChI is InChI=1S/C17H24O4S/c1-14(5-4-6-16(3)13-18)11-12-21-22(19,20)17-9-7-15(2)8-10-17/h6-10,13-14H,4-5,11-12H2,1-3H3/b16-6+. The van der Waals surface area contributed by atoms with Gasteiger partial charge >= 0.3 is 0 Å². The van der Waals surface area contributed by atoms with Gasteiger partial charge in [-0.2, -0.15) is 8.42 Å². The molecule has 0 N–H and O–H groups in total. The largest absolute Gasteiger partial charge is 0.298 e. The summed E-state index contributed by atoms with van der Waals surface area (Å²) in [6, 6.07) is 6.61. The second-order valence-electron chi connectivity index (χ2n) is 5.63. The first-order chi connectivity index (χ1) is 10.3. The van der Waals surface area contributed by atoms with Gasteiger partial charge in [-0.1, -0.05) is 30.7 Å². The average Bonchev–Trinajstić information content (AvgIpc) is 2.47. The van der Waals surface area contributed by atoms with Crippen molar-refractivity contribution >= 4 is 16.4 Å². The molecule has 122 valence electrons. The first-order valence-electron chi connectivity index (χ1n) is 7.43. The minimum atomic E-state index is -3.67.